The van der Waals surface area contributed by atoms with Crippen LogP contribution in [0.3, 0.4) is 0 Å². The van der Waals surface area contributed by atoms with Crippen LogP contribution in [0.1, 0.15) is 12.8 Å². The van der Waals surface area contributed by atoms with E-state index >= 15 is 0 Å². The zero-order valence-electron chi connectivity index (χ0n) is 17.8. The molecule has 168 valence electrons. The molecule has 0 bridgehead atoms. The van der Waals surface area contributed by atoms with Gasteiger partial charge in [0.25, 0.3) is 0 Å². The van der Waals surface area contributed by atoms with E-state index < -0.39 is 15.9 Å². The lowest BCUT2D eigenvalue weighted by atomic mass is 9.98. The number of thiazole rings is 1. The third-order valence-electron chi connectivity index (χ3n) is 5.81. The molecule has 0 saturated carbocycles. The van der Waals surface area contributed by atoms with Gasteiger partial charge in [-0.2, -0.15) is 4.31 Å². The zero-order chi connectivity index (χ0) is 22.8. The molecule has 1 amide bonds. The molecular weight excluding hydrogens is 454 g/mol. The monoisotopic (exact) mass is 477 g/mol. The quantitative estimate of drug-likeness (QED) is 0.439. The third-order valence-corrected chi connectivity index (χ3v) is 8.77. The Morgan fingerprint density at radius 1 is 1.00 bits per heavy atom. The van der Waals surface area contributed by atoms with Crippen molar-refractivity contribution >= 4 is 43.2 Å². The fraction of sp³-hybridized carbons (Fsp3) is 0.200. The molecule has 1 aromatic heterocycles. The number of piperidine rings is 1. The number of benzene rings is 3. The molecule has 1 aliphatic heterocycles. The number of carbonyl (C=O) groups excluding carboxylic acids is 1. The first-order chi connectivity index (χ1) is 16.0. The van der Waals surface area contributed by atoms with Crippen LogP contribution in [0.15, 0.2) is 83.8 Å². The van der Waals surface area contributed by atoms with E-state index in [1.807, 2.05) is 48.5 Å². The first kappa shape index (κ1) is 21.8. The summed E-state index contributed by atoms with van der Waals surface area (Å²) < 4.78 is 28.5. The summed E-state index contributed by atoms with van der Waals surface area (Å²) in [6.45, 7) is 0.606. The topological polar surface area (TPSA) is 79.4 Å². The molecule has 1 aliphatic rings. The maximum atomic E-state index is 13.0. The minimum absolute atomic E-state index is 0.163. The number of anilines is 1. The lowest BCUT2D eigenvalue weighted by Gasteiger charge is -2.31. The van der Waals surface area contributed by atoms with E-state index in [9.17, 15) is 13.2 Å². The highest BCUT2D eigenvalue weighted by Gasteiger charge is 2.33. The number of nitrogens with zero attached hydrogens (tertiary/aromatic N) is 2. The van der Waals surface area contributed by atoms with Crippen LogP contribution in [0.4, 0.5) is 5.69 Å². The van der Waals surface area contributed by atoms with Crippen LogP contribution in [0.2, 0.25) is 0 Å². The zero-order valence-corrected chi connectivity index (χ0v) is 19.5. The second-order valence-electron chi connectivity index (χ2n) is 8.07. The number of amides is 1. The molecule has 6 nitrogen and oxygen atoms in total. The smallest absolute Gasteiger partial charge is 0.243 e. The van der Waals surface area contributed by atoms with Gasteiger partial charge in [-0.15, -0.1) is 11.3 Å². The van der Waals surface area contributed by atoms with Gasteiger partial charge in [-0.1, -0.05) is 42.5 Å². The van der Waals surface area contributed by atoms with Crippen LogP contribution in [-0.4, -0.2) is 36.7 Å². The van der Waals surface area contributed by atoms with Crippen molar-refractivity contribution in [2.75, 3.05) is 18.4 Å². The van der Waals surface area contributed by atoms with Gasteiger partial charge in [0.15, 0.2) is 0 Å². The molecule has 1 unspecified atom stereocenters. The Morgan fingerprint density at radius 3 is 2.61 bits per heavy atom. The maximum absolute atomic E-state index is 13.0. The van der Waals surface area contributed by atoms with Crippen LogP contribution in [0, 0.1) is 5.92 Å². The molecule has 2 heterocycles. The van der Waals surface area contributed by atoms with Gasteiger partial charge in [-0.05, 0) is 49.2 Å². The van der Waals surface area contributed by atoms with Gasteiger partial charge in [-0.25, -0.2) is 13.4 Å². The molecule has 8 heteroatoms. The average Bonchev–Trinajstić information content (AvgIpc) is 3.29. The number of carbonyl (C=O) groups is 1. The molecule has 0 radical (unpaired) electrons. The van der Waals surface area contributed by atoms with Crippen LogP contribution < -0.4 is 5.32 Å². The first-order valence-corrected chi connectivity index (χ1v) is 13.1. The minimum Gasteiger partial charge on any atom is -0.326 e. The molecule has 1 fully saturated rings. The molecule has 1 atom stereocenters. The number of para-hydroxylation sites is 1. The highest BCUT2D eigenvalue weighted by molar-refractivity contribution is 7.89. The number of sulfonamides is 1. The van der Waals surface area contributed by atoms with Crippen molar-refractivity contribution in [3.8, 4) is 10.6 Å². The van der Waals surface area contributed by atoms with Crippen LogP contribution >= 0.6 is 11.3 Å². The summed E-state index contributed by atoms with van der Waals surface area (Å²) >= 11 is 1.61. The summed E-state index contributed by atoms with van der Waals surface area (Å²) in [5, 5.41) is 3.88. The number of aromatic nitrogens is 1. The summed E-state index contributed by atoms with van der Waals surface area (Å²) in [5.41, 5.74) is 2.57. The molecule has 3 aromatic carbocycles. The standard InChI is InChI=1S/C25H23N3O3S2/c29-24(19-9-7-15-28(17-19)33(30,31)21-11-2-1-3-12-21)26-20-10-6-8-18(16-20)25-27-22-13-4-5-14-23(22)32-25/h1-6,8,10-14,16,19H,7,9,15,17H2,(H,26,29). The van der Waals surface area contributed by atoms with Crippen molar-refractivity contribution < 1.29 is 13.2 Å². The van der Waals surface area contributed by atoms with E-state index in [4.69, 9.17) is 4.98 Å². The SMILES string of the molecule is O=C(Nc1cccc(-c2nc3ccccc3s2)c1)C1CCCN(S(=O)(=O)c2ccccc2)C1. The van der Waals surface area contributed by atoms with Crippen LogP contribution in [-0.2, 0) is 14.8 Å². The Morgan fingerprint density at radius 2 is 1.79 bits per heavy atom. The number of hydrogen-bond donors (Lipinski definition) is 1. The summed E-state index contributed by atoms with van der Waals surface area (Å²) in [6, 6.07) is 24.0. The highest BCUT2D eigenvalue weighted by atomic mass is 32.2. The molecular formula is C25H23N3O3S2. The van der Waals surface area contributed by atoms with E-state index in [-0.39, 0.29) is 17.3 Å². The molecule has 5 rings (SSSR count). The largest absolute Gasteiger partial charge is 0.326 e. The van der Waals surface area contributed by atoms with Gasteiger partial charge in [0.2, 0.25) is 15.9 Å². The van der Waals surface area contributed by atoms with E-state index in [2.05, 4.69) is 5.32 Å². The summed E-state index contributed by atoms with van der Waals surface area (Å²) in [4.78, 5) is 18.0. The molecule has 0 aliphatic carbocycles. The van der Waals surface area contributed by atoms with Crippen LogP contribution in [0.25, 0.3) is 20.8 Å². The van der Waals surface area contributed by atoms with Gasteiger partial charge in [0, 0.05) is 24.3 Å². The second-order valence-corrected chi connectivity index (χ2v) is 11.0. The summed E-state index contributed by atoms with van der Waals surface area (Å²) in [7, 11) is -3.61. The number of hydrogen-bond acceptors (Lipinski definition) is 5. The molecule has 4 aromatic rings. The third kappa shape index (κ3) is 4.55. The Hall–Kier alpha value is -3.07. The van der Waals surface area contributed by atoms with Gasteiger partial charge >= 0.3 is 0 Å². The Bertz CT molecular complexity index is 1370. The van der Waals surface area contributed by atoms with Crippen molar-refractivity contribution in [2.24, 2.45) is 5.92 Å². The van der Waals surface area contributed by atoms with E-state index in [0.29, 0.717) is 25.1 Å². The first-order valence-electron chi connectivity index (χ1n) is 10.8. The number of fused-ring (bicyclic) bond motifs is 1. The maximum Gasteiger partial charge on any atom is 0.243 e. The Kier molecular flexibility index (Phi) is 5.97. The number of rotatable bonds is 5. The van der Waals surface area contributed by atoms with Crippen molar-refractivity contribution in [1.82, 2.24) is 9.29 Å². The Labute approximate surface area is 197 Å². The fourth-order valence-corrected chi connectivity index (χ4v) is 6.59. The summed E-state index contributed by atoms with van der Waals surface area (Å²) in [6.07, 6.45) is 1.31. The van der Waals surface area contributed by atoms with Gasteiger partial charge < -0.3 is 5.32 Å². The van der Waals surface area contributed by atoms with Crippen molar-refractivity contribution in [3.63, 3.8) is 0 Å². The molecule has 1 saturated heterocycles. The van der Waals surface area contributed by atoms with Crippen LogP contribution in [0.5, 0.6) is 0 Å². The van der Waals surface area contributed by atoms with E-state index in [0.717, 1.165) is 20.8 Å². The second kappa shape index (κ2) is 9.05. The normalized spacial score (nSPS) is 17.2. The van der Waals surface area contributed by atoms with E-state index in [1.165, 1.54) is 4.31 Å². The lowest BCUT2D eigenvalue weighted by molar-refractivity contribution is -0.120. The molecule has 33 heavy (non-hydrogen) atoms. The Balaban J connectivity index is 1.31. The predicted molar refractivity (Wildman–Crippen MR) is 132 cm³/mol. The highest BCUT2D eigenvalue weighted by Crippen LogP contribution is 2.31. The average molecular weight is 478 g/mol. The fourth-order valence-electron chi connectivity index (χ4n) is 4.09. The molecule has 1 N–H and O–H groups in total. The summed E-state index contributed by atoms with van der Waals surface area (Å²) in [5.74, 6) is -0.562. The predicted octanol–water partition coefficient (Wildman–Crippen LogP) is 5.00. The van der Waals surface area contributed by atoms with Crippen molar-refractivity contribution in [3.05, 3.63) is 78.9 Å². The van der Waals surface area contributed by atoms with Crippen molar-refractivity contribution in [2.45, 2.75) is 17.7 Å². The lowest BCUT2D eigenvalue weighted by Crippen LogP contribution is -2.43. The van der Waals surface area contributed by atoms with Crippen molar-refractivity contribution in [1.29, 1.82) is 0 Å². The number of nitrogens with one attached hydrogen (secondary N) is 1. The molecule has 0 spiro atoms. The minimum atomic E-state index is -3.61. The van der Waals surface area contributed by atoms with Gasteiger partial charge in [-0.3, -0.25) is 4.79 Å². The van der Waals surface area contributed by atoms with E-state index in [1.54, 1.807) is 41.7 Å². The van der Waals surface area contributed by atoms with Gasteiger partial charge in [0.1, 0.15) is 5.01 Å². The van der Waals surface area contributed by atoms with Gasteiger partial charge in [0.05, 0.1) is 21.0 Å².